The van der Waals surface area contributed by atoms with Gasteiger partial charge in [-0.15, -0.1) is 0 Å². The van der Waals surface area contributed by atoms with Crippen molar-refractivity contribution in [3.63, 3.8) is 0 Å². The highest BCUT2D eigenvalue weighted by molar-refractivity contribution is 5.37. The Bertz CT molecular complexity index is 266. The lowest BCUT2D eigenvalue weighted by Crippen LogP contribution is -2.07. The minimum absolute atomic E-state index is 0.885. The zero-order valence-electron chi connectivity index (χ0n) is 12.8. The molecule has 0 N–H and O–H groups in total. The molecule has 1 nitrogen and oxygen atoms in total. The average molecular weight is 238 g/mol. The summed E-state index contributed by atoms with van der Waals surface area (Å²) < 4.78 is 5.48. The molecule has 0 amide bonds. The molecule has 1 aliphatic heterocycles. The van der Waals surface area contributed by atoms with Crippen molar-refractivity contribution in [1.82, 2.24) is 0 Å². The summed E-state index contributed by atoms with van der Waals surface area (Å²) in [4.78, 5) is 0. The van der Waals surface area contributed by atoms with E-state index in [0.717, 1.165) is 18.8 Å². The van der Waals surface area contributed by atoms with E-state index >= 15 is 0 Å². The first-order valence-corrected chi connectivity index (χ1v) is 7.08. The van der Waals surface area contributed by atoms with E-state index < -0.39 is 0 Å². The van der Waals surface area contributed by atoms with Crippen LogP contribution in [0.5, 0.6) is 5.75 Å². The molecule has 0 saturated heterocycles. The fourth-order valence-electron chi connectivity index (χ4n) is 1.49. The van der Waals surface area contributed by atoms with Crippen LogP contribution in [0, 0.1) is 6.92 Å². The molecule has 1 heteroatoms. The van der Waals surface area contributed by atoms with Crippen molar-refractivity contribution in [1.29, 1.82) is 0 Å². The van der Waals surface area contributed by atoms with E-state index in [1.807, 2.05) is 41.5 Å². The number of fused-ring (bicyclic) bond motifs is 1. The van der Waals surface area contributed by atoms with E-state index in [2.05, 4.69) is 25.1 Å². The first-order valence-electron chi connectivity index (χ1n) is 7.08. The predicted molar refractivity (Wildman–Crippen MR) is 79.0 cm³/mol. The lowest BCUT2D eigenvalue weighted by molar-refractivity contribution is 0.288. The first kappa shape index (κ1) is 18.4. The van der Waals surface area contributed by atoms with Crippen molar-refractivity contribution in [2.75, 3.05) is 6.61 Å². The standard InChI is InChI=1S/C10H12O.3C2H6/c1-8-4-5-10-9(7-8)3-2-6-11-10;3*1-2/h4-5,7H,2-3,6H2,1H3;3*1-2H3. The van der Waals surface area contributed by atoms with Gasteiger partial charge in [0.05, 0.1) is 6.61 Å². The summed E-state index contributed by atoms with van der Waals surface area (Å²) in [5.41, 5.74) is 2.70. The van der Waals surface area contributed by atoms with Crippen molar-refractivity contribution in [2.45, 2.75) is 61.3 Å². The Morgan fingerprint density at radius 1 is 0.941 bits per heavy atom. The van der Waals surface area contributed by atoms with Crippen molar-refractivity contribution in [3.8, 4) is 5.75 Å². The molecule has 1 aromatic rings. The van der Waals surface area contributed by atoms with E-state index in [1.54, 1.807) is 0 Å². The van der Waals surface area contributed by atoms with Gasteiger partial charge in [0.2, 0.25) is 0 Å². The monoisotopic (exact) mass is 238 g/mol. The van der Waals surface area contributed by atoms with Crippen molar-refractivity contribution < 1.29 is 4.74 Å². The minimum Gasteiger partial charge on any atom is -0.493 e. The summed E-state index contributed by atoms with van der Waals surface area (Å²) in [5.74, 6) is 1.09. The van der Waals surface area contributed by atoms with E-state index in [9.17, 15) is 0 Å². The Labute approximate surface area is 108 Å². The second kappa shape index (κ2) is 13.1. The van der Waals surface area contributed by atoms with Gasteiger partial charge in [-0.1, -0.05) is 59.2 Å². The smallest absolute Gasteiger partial charge is 0.122 e. The third-order valence-corrected chi connectivity index (χ3v) is 2.06. The van der Waals surface area contributed by atoms with Gasteiger partial charge < -0.3 is 4.74 Å². The van der Waals surface area contributed by atoms with Crippen LogP contribution in [-0.2, 0) is 6.42 Å². The second-order valence-corrected chi connectivity index (χ2v) is 3.06. The van der Waals surface area contributed by atoms with Gasteiger partial charge >= 0.3 is 0 Å². The molecule has 0 atom stereocenters. The number of rotatable bonds is 0. The summed E-state index contributed by atoms with van der Waals surface area (Å²) in [6, 6.07) is 6.39. The SMILES string of the molecule is CC.CC.CC.Cc1ccc2c(c1)CCCO2. The van der Waals surface area contributed by atoms with Gasteiger partial charge in [0, 0.05) is 0 Å². The van der Waals surface area contributed by atoms with Crippen LogP contribution in [-0.4, -0.2) is 6.61 Å². The summed E-state index contributed by atoms with van der Waals surface area (Å²) in [6.45, 7) is 15.0. The number of aryl methyl sites for hydroxylation is 2. The summed E-state index contributed by atoms with van der Waals surface area (Å²) >= 11 is 0. The average Bonchev–Trinajstić information content (AvgIpc) is 2.45. The lowest BCUT2D eigenvalue weighted by Gasteiger charge is -2.16. The van der Waals surface area contributed by atoms with Crippen LogP contribution in [0.25, 0.3) is 0 Å². The molecule has 0 unspecified atom stereocenters. The molecular formula is C16H30O. The van der Waals surface area contributed by atoms with Gasteiger partial charge in [-0.05, 0) is 31.4 Å². The quantitative estimate of drug-likeness (QED) is 0.588. The Balaban J connectivity index is 0. The van der Waals surface area contributed by atoms with Crippen molar-refractivity contribution >= 4 is 0 Å². The van der Waals surface area contributed by atoms with Crippen LogP contribution in [0.1, 0.15) is 59.1 Å². The second-order valence-electron chi connectivity index (χ2n) is 3.06. The molecule has 2 rings (SSSR count). The first-order chi connectivity index (χ1) is 8.36. The summed E-state index contributed by atoms with van der Waals surface area (Å²) in [6.07, 6.45) is 2.34. The maximum atomic E-state index is 5.48. The van der Waals surface area contributed by atoms with Crippen LogP contribution in [0.4, 0.5) is 0 Å². The Hall–Kier alpha value is -0.980. The predicted octanol–water partition coefficient (Wildman–Crippen LogP) is 5.40. The normalized spacial score (nSPS) is 11.0. The van der Waals surface area contributed by atoms with Crippen LogP contribution in [0.15, 0.2) is 18.2 Å². The largest absolute Gasteiger partial charge is 0.493 e. The maximum absolute atomic E-state index is 5.48. The molecule has 17 heavy (non-hydrogen) atoms. The third-order valence-electron chi connectivity index (χ3n) is 2.06. The highest BCUT2D eigenvalue weighted by Crippen LogP contribution is 2.24. The zero-order chi connectivity index (χ0) is 13.7. The number of hydrogen-bond acceptors (Lipinski definition) is 1. The van der Waals surface area contributed by atoms with Gasteiger partial charge in [0.15, 0.2) is 0 Å². The van der Waals surface area contributed by atoms with Gasteiger partial charge in [-0.25, -0.2) is 0 Å². The Morgan fingerprint density at radius 2 is 1.53 bits per heavy atom. The zero-order valence-corrected chi connectivity index (χ0v) is 12.8. The molecule has 0 radical (unpaired) electrons. The molecule has 0 spiro atoms. The lowest BCUT2D eigenvalue weighted by atomic mass is 10.0. The number of ether oxygens (including phenoxy) is 1. The van der Waals surface area contributed by atoms with Gasteiger partial charge in [0.1, 0.15) is 5.75 Å². The maximum Gasteiger partial charge on any atom is 0.122 e. The van der Waals surface area contributed by atoms with Gasteiger partial charge in [-0.2, -0.15) is 0 Å². The number of hydrogen-bond donors (Lipinski definition) is 0. The molecule has 0 saturated carbocycles. The molecule has 0 aromatic heterocycles. The fraction of sp³-hybridized carbons (Fsp3) is 0.625. The molecule has 1 aliphatic rings. The number of benzene rings is 1. The fourth-order valence-corrected chi connectivity index (χ4v) is 1.49. The van der Waals surface area contributed by atoms with E-state index in [-0.39, 0.29) is 0 Å². The molecule has 1 aromatic carbocycles. The summed E-state index contributed by atoms with van der Waals surface area (Å²) in [7, 11) is 0. The molecule has 100 valence electrons. The van der Waals surface area contributed by atoms with Crippen LogP contribution in [0.3, 0.4) is 0 Å². The molecule has 0 bridgehead atoms. The van der Waals surface area contributed by atoms with Gasteiger partial charge in [-0.3, -0.25) is 0 Å². The highest BCUT2D eigenvalue weighted by atomic mass is 16.5. The Kier molecular flexibility index (Phi) is 14.2. The molecular weight excluding hydrogens is 208 g/mol. The minimum atomic E-state index is 0.885. The Morgan fingerprint density at radius 3 is 2.12 bits per heavy atom. The van der Waals surface area contributed by atoms with Crippen LogP contribution >= 0.6 is 0 Å². The van der Waals surface area contributed by atoms with Crippen LogP contribution < -0.4 is 4.74 Å². The topological polar surface area (TPSA) is 9.23 Å². The van der Waals surface area contributed by atoms with E-state index in [4.69, 9.17) is 4.74 Å². The van der Waals surface area contributed by atoms with E-state index in [1.165, 1.54) is 17.5 Å². The molecule has 1 heterocycles. The third kappa shape index (κ3) is 7.04. The van der Waals surface area contributed by atoms with Crippen LogP contribution in [0.2, 0.25) is 0 Å². The van der Waals surface area contributed by atoms with Crippen molar-refractivity contribution in [3.05, 3.63) is 29.3 Å². The van der Waals surface area contributed by atoms with E-state index in [0.29, 0.717) is 0 Å². The summed E-state index contributed by atoms with van der Waals surface area (Å²) in [5, 5.41) is 0. The molecule has 0 aliphatic carbocycles. The van der Waals surface area contributed by atoms with Gasteiger partial charge in [0.25, 0.3) is 0 Å². The van der Waals surface area contributed by atoms with Crippen molar-refractivity contribution in [2.24, 2.45) is 0 Å². The molecule has 0 fully saturated rings. The highest BCUT2D eigenvalue weighted by Gasteiger charge is 2.08.